The number of thiophene rings is 1. The molecule has 18 heavy (non-hydrogen) atoms. The lowest BCUT2D eigenvalue weighted by Gasteiger charge is -2.06. The van der Waals surface area contributed by atoms with Gasteiger partial charge in [0, 0.05) is 17.0 Å². The zero-order chi connectivity index (χ0) is 12.4. The Balaban J connectivity index is 2.13. The van der Waals surface area contributed by atoms with E-state index >= 15 is 0 Å². The third kappa shape index (κ3) is 1.83. The number of hydrogen-bond donors (Lipinski definition) is 1. The van der Waals surface area contributed by atoms with Crippen molar-refractivity contribution < 1.29 is 0 Å². The molecule has 0 saturated heterocycles. The Kier molecular flexibility index (Phi) is 2.92. The van der Waals surface area contributed by atoms with Crippen LogP contribution in [0, 0.1) is 0 Å². The molecule has 3 rings (SSSR count). The van der Waals surface area contributed by atoms with Gasteiger partial charge in [0.15, 0.2) is 0 Å². The third-order valence-corrected chi connectivity index (χ3v) is 3.70. The van der Waals surface area contributed by atoms with Crippen molar-refractivity contribution in [1.82, 2.24) is 15.0 Å². The van der Waals surface area contributed by atoms with Crippen LogP contribution in [-0.4, -0.2) is 15.0 Å². The second kappa shape index (κ2) is 4.72. The maximum atomic E-state index is 5.75. The highest BCUT2D eigenvalue weighted by atomic mass is 32.1. The summed E-state index contributed by atoms with van der Waals surface area (Å²) in [6.45, 7) is 0.535. The maximum absolute atomic E-state index is 5.75. The zero-order valence-electron chi connectivity index (χ0n) is 9.65. The molecule has 0 unspecified atom stereocenters. The fourth-order valence-electron chi connectivity index (χ4n) is 1.91. The molecule has 90 valence electrons. The van der Waals surface area contributed by atoms with Crippen LogP contribution < -0.4 is 5.73 Å². The van der Waals surface area contributed by atoms with Gasteiger partial charge in [-0.1, -0.05) is 23.4 Å². The molecule has 5 heteroatoms. The van der Waals surface area contributed by atoms with Gasteiger partial charge in [0.25, 0.3) is 0 Å². The highest BCUT2D eigenvalue weighted by molar-refractivity contribution is 7.10. The lowest BCUT2D eigenvalue weighted by Crippen LogP contribution is -2.01. The third-order valence-electron chi connectivity index (χ3n) is 2.76. The zero-order valence-corrected chi connectivity index (χ0v) is 10.5. The van der Waals surface area contributed by atoms with Gasteiger partial charge in [-0.15, -0.1) is 16.4 Å². The number of aromatic nitrogens is 3. The molecule has 3 aromatic rings. The Morgan fingerprint density at radius 3 is 2.78 bits per heavy atom. The Morgan fingerprint density at radius 2 is 2.00 bits per heavy atom. The van der Waals surface area contributed by atoms with Crippen LogP contribution in [0.25, 0.3) is 16.9 Å². The molecule has 0 atom stereocenters. The summed E-state index contributed by atoms with van der Waals surface area (Å²) in [5.74, 6) is 0. The molecule has 2 N–H and O–H groups in total. The second-order valence-electron chi connectivity index (χ2n) is 3.83. The largest absolute Gasteiger partial charge is 0.326 e. The fraction of sp³-hybridized carbons (Fsp3) is 0.0769. The van der Waals surface area contributed by atoms with Gasteiger partial charge in [-0.25, -0.2) is 4.68 Å². The molecule has 0 amide bonds. The summed E-state index contributed by atoms with van der Waals surface area (Å²) in [6, 6.07) is 12.0. The van der Waals surface area contributed by atoms with Crippen LogP contribution in [-0.2, 0) is 6.54 Å². The van der Waals surface area contributed by atoms with E-state index in [0.29, 0.717) is 6.54 Å². The van der Waals surface area contributed by atoms with Gasteiger partial charge in [-0.05, 0) is 23.6 Å². The van der Waals surface area contributed by atoms with Crippen molar-refractivity contribution in [2.45, 2.75) is 6.54 Å². The molecule has 0 aliphatic carbocycles. The van der Waals surface area contributed by atoms with Crippen LogP contribution in [0.4, 0.5) is 0 Å². The average molecular weight is 256 g/mol. The fourth-order valence-corrected chi connectivity index (χ4v) is 2.67. The number of nitrogens with two attached hydrogens (primary N) is 1. The van der Waals surface area contributed by atoms with E-state index in [-0.39, 0.29) is 0 Å². The molecule has 0 aliphatic rings. The summed E-state index contributed by atoms with van der Waals surface area (Å²) in [4.78, 5) is 1.15. The Bertz CT molecular complexity index is 642. The van der Waals surface area contributed by atoms with Gasteiger partial charge in [-0.2, -0.15) is 0 Å². The van der Waals surface area contributed by atoms with E-state index in [1.54, 1.807) is 17.5 Å². The summed E-state index contributed by atoms with van der Waals surface area (Å²) < 4.78 is 1.83. The lowest BCUT2D eigenvalue weighted by atomic mass is 10.2. The van der Waals surface area contributed by atoms with Crippen LogP contribution in [0.1, 0.15) is 4.88 Å². The predicted octanol–water partition coefficient (Wildman–Crippen LogP) is 2.45. The molecule has 0 spiro atoms. The minimum Gasteiger partial charge on any atom is -0.326 e. The molecule has 0 fully saturated rings. The first-order valence-corrected chi connectivity index (χ1v) is 6.51. The van der Waals surface area contributed by atoms with E-state index in [9.17, 15) is 0 Å². The predicted molar refractivity (Wildman–Crippen MR) is 72.6 cm³/mol. The van der Waals surface area contributed by atoms with E-state index < -0.39 is 0 Å². The first-order valence-electron chi connectivity index (χ1n) is 5.63. The molecule has 2 heterocycles. The topological polar surface area (TPSA) is 56.7 Å². The van der Waals surface area contributed by atoms with E-state index in [2.05, 4.69) is 16.4 Å². The van der Waals surface area contributed by atoms with Crippen molar-refractivity contribution in [3.8, 4) is 16.9 Å². The number of para-hydroxylation sites is 1. The van der Waals surface area contributed by atoms with E-state index in [4.69, 9.17) is 5.73 Å². The number of benzene rings is 1. The van der Waals surface area contributed by atoms with E-state index in [1.165, 1.54) is 0 Å². The van der Waals surface area contributed by atoms with Gasteiger partial charge in [0.05, 0.1) is 17.6 Å². The maximum Gasteiger partial charge on any atom is 0.0955 e. The van der Waals surface area contributed by atoms with E-state index in [0.717, 1.165) is 21.8 Å². The average Bonchev–Trinajstić information content (AvgIpc) is 3.07. The highest BCUT2D eigenvalue weighted by Crippen LogP contribution is 2.28. The summed E-state index contributed by atoms with van der Waals surface area (Å²) in [6.07, 6.45) is 1.77. The number of nitrogens with zero attached hydrogens (tertiary/aromatic N) is 3. The lowest BCUT2D eigenvalue weighted by molar-refractivity contribution is 0.807. The number of rotatable bonds is 3. The summed E-state index contributed by atoms with van der Waals surface area (Å²) in [7, 11) is 0. The van der Waals surface area contributed by atoms with Crippen molar-refractivity contribution >= 4 is 11.3 Å². The van der Waals surface area contributed by atoms with Crippen molar-refractivity contribution in [3.63, 3.8) is 0 Å². The summed E-state index contributed by atoms with van der Waals surface area (Å²) in [5.41, 5.74) is 8.83. The standard InChI is InChI=1S/C13H12N4S/c14-8-13-11(6-7-18-13)12-9-15-16-17(12)10-4-2-1-3-5-10/h1-7,9H,8,14H2. The molecule has 0 bridgehead atoms. The van der Waals surface area contributed by atoms with Crippen LogP contribution in [0.3, 0.4) is 0 Å². The summed E-state index contributed by atoms with van der Waals surface area (Å²) in [5, 5.41) is 10.2. The molecule has 2 aromatic heterocycles. The van der Waals surface area contributed by atoms with Crippen molar-refractivity contribution in [2.24, 2.45) is 5.73 Å². The minimum atomic E-state index is 0.535. The van der Waals surface area contributed by atoms with Crippen LogP contribution >= 0.6 is 11.3 Å². The smallest absolute Gasteiger partial charge is 0.0955 e. The SMILES string of the molecule is NCc1sccc1-c1cnnn1-c1ccccc1. The van der Waals surface area contributed by atoms with Crippen LogP contribution in [0.2, 0.25) is 0 Å². The van der Waals surface area contributed by atoms with Gasteiger partial charge >= 0.3 is 0 Å². The van der Waals surface area contributed by atoms with Gasteiger partial charge in [0.1, 0.15) is 0 Å². The molecule has 0 radical (unpaired) electrons. The molecular weight excluding hydrogens is 244 g/mol. The quantitative estimate of drug-likeness (QED) is 0.783. The normalized spacial score (nSPS) is 10.7. The Morgan fingerprint density at radius 1 is 1.17 bits per heavy atom. The molecule has 0 saturated carbocycles. The second-order valence-corrected chi connectivity index (χ2v) is 4.83. The van der Waals surface area contributed by atoms with Crippen molar-refractivity contribution in [3.05, 3.63) is 52.9 Å². The monoisotopic (exact) mass is 256 g/mol. The Labute approximate surface area is 109 Å². The highest BCUT2D eigenvalue weighted by Gasteiger charge is 2.12. The van der Waals surface area contributed by atoms with Crippen molar-refractivity contribution in [1.29, 1.82) is 0 Å². The van der Waals surface area contributed by atoms with Crippen LogP contribution in [0.15, 0.2) is 48.0 Å². The van der Waals surface area contributed by atoms with E-state index in [1.807, 2.05) is 40.4 Å². The van der Waals surface area contributed by atoms with Crippen LogP contribution in [0.5, 0.6) is 0 Å². The number of hydrogen-bond acceptors (Lipinski definition) is 4. The van der Waals surface area contributed by atoms with Crippen molar-refractivity contribution in [2.75, 3.05) is 0 Å². The molecule has 1 aromatic carbocycles. The van der Waals surface area contributed by atoms with Gasteiger partial charge < -0.3 is 5.73 Å². The first kappa shape index (κ1) is 11.1. The first-order chi connectivity index (χ1) is 8.90. The minimum absolute atomic E-state index is 0.535. The summed E-state index contributed by atoms with van der Waals surface area (Å²) >= 11 is 1.66. The molecular formula is C13H12N4S. The van der Waals surface area contributed by atoms with Gasteiger partial charge in [0.2, 0.25) is 0 Å². The van der Waals surface area contributed by atoms with Gasteiger partial charge in [-0.3, -0.25) is 0 Å². The molecule has 4 nitrogen and oxygen atoms in total. The Hall–Kier alpha value is -1.98. The molecule has 0 aliphatic heterocycles.